The summed E-state index contributed by atoms with van der Waals surface area (Å²) in [5, 5.41) is 3.96. The fourth-order valence-electron chi connectivity index (χ4n) is 3.58. The Labute approximate surface area is 185 Å². The molecule has 0 radical (unpaired) electrons. The first kappa shape index (κ1) is 21.6. The molecule has 0 N–H and O–H groups in total. The van der Waals surface area contributed by atoms with Crippen LogP contribution in [0.5, 0.6) is 0 Å². The molecule has 3 unspecified atom stereocenters. The van der Waals surface area contributed by atoms with Gasteiger partial charge in [0.2, 0.25) is 0 Å². The van der Waals surface area contributed by atoms with E-state index >= 15 is 0 Å². The number of fused-ring (bicyclic) bond motifs is 1. The number of benzene rings is 2. The molecular weight excluding hydrogens is 477 g/mol. The second kappa shape index (κ2) is 9.65. The molecule has 2 fully saturated rings. The van der Waals surface area contributed by atoms with Crippen LogP contribution in [0.3, 0.4) is 0 Å². The molecule has 6 atom stereocenters. The standard InChI is InChI=1S/C20H19BrFN3O4S/c1-26-18-16(24-25-23)17-14(10-27-19(29-17)11-5-3-2-4-6-11)28-20(18)30-15-9-12(21)7-8-13(15)22/h2-9,14,16-20H,10H2,1H3/t14?,16-,17-,18?,19?,20+/m0/s1. The van der Waals surface area contributed by atoms with Gasteiger partial charge in [-0.1, -0.05) is 63.1 Å². The Hall–Kier alpha value is -1.65. The fraction of sp³-hybridized carbons (Fsp3) is 0.400. The number of methoxy groups -OCH3 is 1. The lowest BCUT2D eigenvalue weighted by atomic mass is 9.96. The van der Waals surface area contributed by atoms with Gasteiger partial charge in [-0.05, 0) is 23.7 Å². The Bertz CT molecular complexity index is 934. The summed E-state index contributed by atoms with van der Waals surface area (Å²) in [6.45, 7) is 0.246. The highest BCUT2D eigenvalue weighted by atomic mass is 79.9. The molecule has 2 aliphatic heterocycles. The molecule has 4 rings (SSSR count). The molecule has 2 aromatic rings. The molecule has 30 heavy (non-hydrogen) atoms. The third-order valence-electron chi connectivity index (χ3n) is 4.97. The summed E-state index contributed by atoms with van der Waals surface area (Å²) in [5.41, 5.74) is 9.41. The van der Waals surface area contributed by atoms with Crippen LogP contribution in [-0.2, 0) is 18.9 Å². The third kappa shape index (κ3) is 4.50. The van der Waals surface area contributed by atoms with Gasteiger partial charge in [-0.25, -0.2) is 4.39 Å². The molecule has 0 bridgehead atoms. The molecule has 0 aliphatic carbocycles. The maximum absolute atomic E-state index is 14.3. The van der Waals surface area contributed by atoms with Gasteiger partial charge in [0.05, 0.1) is 12.6 Å². The molecule has 0 amide bonds. The Balaban J connectivity index is 1.59. The zero-order chi connectivity index (χ0) is 21.1. The van der Waals surface area contributed by atoms with Gasteiger partial charge in [0.1, 0.15) is 29.6 Å². The molecule has 0 aromatic heterocycles. The molecule has 2 aromatic carbocycles. The van der Waals surface area contributed by atoms with Crippen LogP contribution in [0.4, 0.5) is 4.39 Å². The lowest BCUT2D eigenvalue weighted by molar-refractivity contribution is -0.298. The van der Waals surface area contributed by atoms with Crippen molar-refractivity contribution in [3.8, 4) is 0 Å². The monoisotopic (exact) mass is 495 g/mol. The quantitative estimate of drug-likeness (QED) is 0.322. The minimum Gasteiger partial charge on any atom is -0.377 e. The van der Waals surface area contributed by atoms with Crippen LogP contribution in [0.25, 0.3) is 10.4 Å². The van der Waals surface area contributed by atoms with Gasteiger partial charge in [-0.2, -0.15) is 0 Å². The van der Waals surface area contributed by atoms with E-state index in [4.69, 9.17) is 24.5 Å². The van der Waals surface area contributed by atoms with Crippen molar-refractivity contribution >= 4 is 27.7 Å². The third-order valence-corrected chi connectivity index (χ3v) is 6.65. The van der Waals surface area contributed by atoms with E-state index in [9.17, 15) is 4.39 Å². The van der Waals surface area contributed by atoms with Gasteiger partial charge in [0.25, 0.3) is 0 Å². The largest absolute Gasteiger partial charge is 0.377 e. The van der Waals surface area contributed by atoms with Gasteiger partial charge in [0.15, 0.2) is 6.29 Å². The summed E-state index contributed by atoms with van der Waals surface area (Å²) >= 11 is 4.53. The summed E-state index contributed by atoms with van der Waals surface area (Å²) < 4.78 is 38.8. The lowest BCUT2D eigenvalue weighted by Crippen LogP contribution is -2.60. The van der Waals surface area contributed by atoms with E-state index in [0.717, 1.165) is 10.0 Å². The maximum Gasteiger partial charge on any atom is 0.184 e. The number of ether oxygens (including phenoxy) is 4. The van der Waals surface area contributed by atoms with Crippen LogP contribution in [0.15, 0.2) is 63.0 Å². The molecule has 2 heterocycles. The molecule has 2 aliphatic rings. The molecule has 7 nitrogen and oxygen atoms in total. The normalized spacial score (nSPS) is 30.9. The smallest absolute Gasteiger partial charge is 0.184 e. The Kier molecular flexibility index (Phi) is 6.94. The average Bonchev–Trinajstić information content (AvgIpc) is 2.77. The zero-order valence-corrected chi connectivity index (χ0v) is 18.3. The predicted octanol–water partition coefficient (Wildman–Crippen LogP) is 5.21. The first-order valence-electron chi connectivity index (χ1n) is 9.27. The minimum absolute atomic E-state index is 0.246. The number of halogens is 2. The average molecular weight is 496 g/mol. The van der Waals surface area contributed by atoms with Gasteiger partial charge < -0.3 is 18.9 Å². The van der Waals surface area contributed by atoms with Gasteiger partial charge in [-0.15, -0.1) is 0 Å². The number of nitrogens with zero attached hydrogens (tertiary/aromatic N) is 3. The topological polar surface area (TPSA) is 85.7 Å². The number of rotatable bonds is 5. The van der Waals surface area contributed by atoms with Crippen molar-refractivity contribution in [2.75, 3.05) is 13.7 Å². The lowest BCUT2D eigenvalue weighted by Gasteiger charge is -2.47. The summed E-state index contributed by atoms with van der Waals surface area (Å²) in [7, 11) is 1.51. The summed E-state index contributed by atoms with van der Waals surface area (Å²) in [6.07, 6.45) is -2.29. The van der Waals surface area contributed by atoms with Crippen LogP contribution in [-0.4, -0.2) is 43.5 Å². The maximum atomic E-state index is 14.3. The van der Waals surface area contributed by atoms with Crippen LogP contribution in [0.1, 0.15) is 11.9 Å². The number of hydrogen-bond acceptors (Lipinski definition) is 6. The Morgan fingerprint density at radius 1 is 1.23 bits per heavy atom. The molecule has 158 valence electrons. The summed E-state index contributed by atoms with van der Waals surface area (Å²) in [5.74, 6) is -0.371. The molecular formula is C20H19BrFN3O4S. The van der Waals surface area contributed by atoms with Crippen molar-refractivity contribution in [1.82, 2.24) is 0 Å². The van der Waals surface area contributed by atoms with Crippen LogP contribution in [0, 0.1) is 5.82 Å². The van der Waals surface area contributed by atoms with Crippen LogP contribution < -0.4 is 0 Å². The van der Waals surface area contributed by atoms with E-state index in [1.165, 1.54) is 24.9 Å². The van der Waals surface area contributed by atoms with Crippen molar-refractivity contribution in [2.24, 2.45) is 5.11 Å². The number of hydrogen-bond donors (Lipinski definition) is 0. The highest BCUT2D eigenvalue weighted by Crippen LogP contribution is 2.41. The van der Waals surface area contributed by atoms with Crippen molar-refractivity contribution in [3.05, 3.63) is 74.8 Å². The number of azide groups is 1. The van der Waals surface area contributed by atoms with Crippen molar-refractivity contribution in [1.29, 1.82) is 0 Å². The molecule has 0 spiro atoms. The SMILES string of the molecule is COC1[C@@H](Sc2cc(Br)ccc2F)OC2COC(c3ccccc3)O[C@@H]2[C@@H]1N=[N+]=[N-]. The second-order valence-corrected chi connectivity index (χ2v) is 8.86. The minimum atomic E-state index is -0.665. The van der Waals surface area contributed by atoms with Gasteiger partial charge in [-0.3, -0.25) is 0 Å². The Morgan fingerprint density at radius 3 is 2.77 bits per heavy atom. The Morgan fingerprint density at radius 2 is 2.03 bits per heavy atom. The molecule has 10 heteroatoms. The van der Waals surface area contributed by atoms with E-state index < -0.39 is 36.1 Å². The van der Waals surface area contributed by atoms with Crippen molar-refractivity contribution < 1.29 is 23.3 Å². The molecule has 0 saturated carbocycles. The first-order valence-corrected chi connectivity index (χ1v) is 10.9. The highest BCUT2D eigenvalue weighted by molar-refractivity contribution is 9.10. The fourth-order valence-corrected chi connectivity index (χ4v) is 5.32. The summed E-state index contributed by atoms with van der Waals surface area (Å²) in [6, 6.07) is 13.5. The van der Waals surface area contributed by atoms with E-state index in [2.05, 4.69) is 26.0 Å². The van der Waals surface area contributed by atoms with E-state index in [-0.39, 0.29) is 12.4 Å². The predicted molar refractivity (Wildman–Crippen MR) is 112 cm³/mol. The van der Waals surface area contributed by atoms with Crippen molar-refractivity contribution in [2.45, 2.75) is 41.0 Å². The van der Waals surface area contributed by atoms with E-state index in [0.29, 0.717) is 4.90 Å². The second-order valence-electron chi connectivity index (χ2n) is 6.81. The first-order chi connectivity index (χ1) is 14.6. The summed E-state index contributed by atoms with van der Waals surface area (Å²) in [4.78, 5) is 3.39. The zero-order valence-electron chi connectivity index (χ0n) is 15.9. The van der Waals surface area contributed by atoms with Gasteiger partial charge in [0, 0.05) is 27.0 Å². The highest BCUT2D eigenvalue weighted by Gasteiger charge is 2.50. The van der Waals surface area contributed by atoms with Gasteiger partial charge >= 0.3 is 0 Å². The molecule has 2 saturated heterocycles. The van der Waals surface area contributed by atoms with E-state index in [1.54, 1.807) is 12.1 Å². The van der Waals surface area contributed by atoms with Crippen LogP contribution in [0.2, 0.25) is 0 Å². The van der Waals surface area contributed by atoms with Crippen molar-refractivity contribution in [3.63, 3.8) is 0 Å². The number of thioether (sulfide) groups is 1. The van der Waals surface area contributed by atoms with E-state index in [1.807, 2.05) is 30.3 Å². The van der Waals surface area contributed by atoms with Crippen LogP contribution >= 0.6 is 27.7 Å².